The van der Waals surface area contributed by atoms with Crippen molar-refractivity contribution in [2.45, 2.75) is 25.7 Å². The van der Waals surface area contributed by atoms with Crippen LogP contribution in [-0.2, 0) is 0 Å². The van der Waals surface area contributed by atoms with Crippen molar-refractivity contribution in [1.29, 1.82) is 0 Å². The van der Waals surface area contributed by atoms with Crippen molar-refractivity contribution >= 4 is 5.71 Å². The molecule has 0 saturated heterocycles. The van der Waals surface area contributed by atoms with Crippen molar-refractivity contribution in [3.8, 4) is 0 Å². The smallest absolute Gasteiger partial charge is 0.245 e. The predicted molar refractivity (Wildman–Crippen MR) is 43.0 cm³/mol. The second kappa shape index (κ2) is 4.04. The molecule has 0 amide bonds. The minimum atomic E-state index is -0.451. The average Bonchev–Trinajstić information content (AvgIpc) is 2.51. The van der Waals surface area contributed by atoms with E-state index in [1.165, 1.54) is 0 Å². The third-order valence-electron chi connectivity index (χ3n) is 2.25. The molecular weight excluding hydrogens is 160 g/mol. The van der Waals surface area contributed by atoms with Gasteiger partial charge in [-0.1, -0.05) is 18.0 Å². The fourth-order valence-electron chi connectivity index (χ4n) is 1.63. The monoisotopic (exact) mass is 172 g/mol. The number of hydrogen-bond acceptors (Lipinski definition) is 4. The maximum Gasteiger partial charge on any atom is 0.245 e. The van der Waals surface area contributed by atoms with E-state index in [9.17, 15) is 10.1 Å². The summed E-state index contributed by atoms with van der Waals surface area (Å²) in [6.07, 6.45) is 4.02. The number of nitro groups is 1. The molecule has 0 aromatic carbocycles. The largest absolute Gasteiger partial charge is 0.411 e. The Balaban J connectivity index is 2.50. The van der Waals surface area contributed by atoms with Crippen molar-refractivity contribution < 1.29 is 10.1 Å². The van der Waals surface area contributed by atoms with Crippen molar-refractivity contribution in [3.05, 3.63) is 10.1 Å². The van der Waals surface area contributed by atoms with Gasteiger partial charge >= 0.3 is 0 Å². The Bertz CT molecular complexity index is 197. The maximum atomic E-state index is 10.1. The van der Waals surface area contributed by atoms with Gasteiger partial charge in [-0.3, -0.25) is 10.1 Å². The number of rotatable bonds is 3. The van der Waals surface area contributed by atoms with E-state index >= 15 is 0 Å². The molecule has 0 unspecified atom stereocenters. The van der Waals surface area contributed by atoms with Crippen molar-refractivity contribution in [2.24, 2.45) is 11.1 Å². The summed E-state index contributed by atoms with van der Waals surface area (Å²) in [5.74, 6) is 0.139. The fourth-order valence-corrected chi connectivity index (χ4v) is 1.63. The van der Waals surface area contributed by atoms with Crippen LogP contribution in [0, 0.1) is 16.0 Å². The fraction of sp³-hybridized carbons (Fsp3) is 0.857. The summed E-state index contributed by atoms with van der Waals surface area (Å²) in [6.45, 7) is -0.318. The molecule has 0 radical (unpaired) electrons. The summed E-state index contributed by atoms with van der Waals surface area (Å²) in [4.78, 5) is 9.69. The van der Waals surface area contributed by atoms with E-state index in [2.05, 4.69) is 5.16 Å². The van der Waals surface area contributed by atoms with Crippen LogP contribution in [0.2, 0.25) is 0 Å². The lowest BCUT2D eigenvalue weighted by Crippen LogP contribution is -2.21. The van der Waals surface area contributed by atoms with Gasteiger partial charge in [0.25, 0.3) is 0 Å². The van der Waals surface area contributed by atoms with E-state index in [1.807, 2.05) is 0 Å². The average molecular weight is 172 g/mol. The highest BCUT2D eigenvalue weighted by molar-refractivity contribution is 5.87. The first-order valence-corrected chi connectivity index (χ1v) is 4.06. The van der Waals surface area contributed by atoms with Crippen molar-refractivity contribution in [3.63, 3.8) is 0 Å². The molecule has 68 valence electrons. The van der Waals surface area contributed by atoms with Gasteiger partial charge < -0.3 is 5.21 Å². The van der Waals surface area contributed by atoms with Crippen LogP contribution in [0.15, 0.2) is 5.16 Å². The van der Waals surface area contributed by atoms with Crippen LogP contribution in [0.4, 0.5) is 0 Å². The van der Waals surface area contributed by atoms with Crippen LogP contribution >= 0.6 is 0 Å². The van der Waals surface area contributed by atoms with Gasteiger partial charge in [0.2, 0.25) is 6.54 Å². The molecule has 0 bridgehead atoms. The first kappa shape index (κ1) is 8.96. The summed E-state index contributed by atoms with van der Waals surface area (Å²) in [5.41, 5.74) is 0.331. The molecule has 0 atom stereocenters. The molecule has 0 aromatic heterocycles. The van der Waals surface area contributed by atoms with E-state index in [1.54, 1.807) is 0 Å². The minimum Gasteiger partial charge on any atom is -0.411 e. The highest BCUT2D eigenvalue weighted by Crippen LogP contribution is 2.25. The zero-order valence-corrected chi connectivity index (χ0v) is 6.77. The van der Waals surface area contributed by atoms with Crippen LogP contribution in [-0.4, -0.2) is 22.4 Å². The molecule has 0 spiro atoms. The van der Waals surface area contributed by atoms with Gasteiger partial charge in [0.1, 0.15) is 5.71 Å². The van der Waals surface area contributed by atoms with E-state index in [0.717, 1.165) is 25.7 Å². The zero-order chi connectivity index (χ0) is 8.97. The highest BCUT2D eigenvalue weighted by atomic mass is 16.6. The Morgan fingerprint density at radius 1 is 1.58 bits per heavy atom. The Morgan fingerprint density at radius 3 is 2.58 bits per heavy atom. The summed E-state index contributed by atoms with van der Waals surface area (Å²) >= 11 is 0. The van der Waals surface area contributed by atoms with Crippen LogP contribution in [0.5, 0.6) is 0 Å². The summed E-state index contributed by atoms with van der Waals surface area (Å²) in [5, 5.41) is 21.6. The quantitative estimate of drug-likeness (QED) is 0.301. The molecule has 5 heteroatoms. The van der Waals surface area contributed by atoms with Gasteiger partial charge in [-0.2, -0.15) is 0 Å². The first-order valence-electron chi connectivity index (χ1n) is 4.06. The third-order valence-corrected chi connectivity index (χ3v) is 2.25. The summed E-state index contributed by atoms with van der Waals surface area (Å²) in [7, 11) is 0. The molecule has 1 rings (SSSR count). The van der Waals surface area contributed by atoms with Gasteiger partial charge in [-0.15, -0.1) is 0 Å². The molecule has 12 heavy (non-hydrogen) atoms. The molecule has 0 aromatic rings. The Kier molecular flexibility index (Phi) is 3.01. The van der Waals surface area contributed by atoms with E-state index in [0.29, 0.717) is 5.71 Å². The standard InChI is InChI=1S/C7H12N2O3/c10-8-7(5-9(11)12)6-3-1-2-4-6/h6,10H,1-5H2. The molecule has 5 nitrogen and oxygen atoms in total. The van der Waals surface area contributed by atoms with Gasteiger partial charge in [-0.05, 0) is 12.8 Å². The molecule has 1 aliphatic carbocycles. The van der Waals surface area contributed by atoms with Crippen molar-refractivity contribution in [2.75, 3.05) is 6.54 Å². The first-order chi connectivity index (χ1) is 5.74. The lowest BCUT2D eigenvalue weighted by atomic mass is 10.0. The van der Waals surface area contributed by atoms with Gasteiger partial charge in [0.15, 0.2) is 0 Å². The molecule has 1 saturated carbocycles. The molecule has 0 aliphatic heterocycles. The maximum absolute atomic E-state index is 10.1. The summed E-state index contributed by atoms with van der Waals surface area (Å²) < 4.78 is 0. The molecule has 1 N–H and O–H groups in total. The van der Waals surface area contributed by atoms with Crippen molar-refractivity contribution in [1.82, 2.24) is 0 Å². The number of hydrogen-bond donors (Lipinski definition) is 1. The lowest BCUT2D eigenvalue weighted by Gasteiger charge is -2.05. The number of oxime groups is 1. The van der Waals surface area contributed by atoms with Gasteiger partial charge in [0, 0.05) is 10.8 Å². The van der Waals surface area contributed by atoms with Crippen LogP contribution in [0.1, 0.15) is 25.7 Å². The SMILES string of the molecule is O=[N+]([O-])CC(=NO)C1CCCC1. The van der Waals surface area contributed by atoms with Crippen LogP contribution in [0.25, 0.3) is 0 Å². The third kappa shape index (κ3) is 2.18. The van der Waals surface area contributed by atoms with Gasteiger partial charge in [-0.25, -0.2) is 0 Å². The number of nitrogens with zero attached hydrogens (tertiary/aromatic N) is 2. The van der Waals surface area contributed by atoms with E-state index in [4.69, 9.17) is 5.21 Å². The second-order valence-corrected chi connectivity index (χ2v) is 3.06. The molecule has 1 aliphatic rings. The Labute approximate surface area is 70.2 Å². The minimum absolute atomic E-state index is 0.139. The normalized spacial score (nSPS) is 19.8. The van der Waals surface area contributed by atoms with Gasteiger partial charge in [0.05, 0.1) is 0 Å². The van der Waals surface area contributed by atoms with Crippen LogP contribution in [0.3, 0.4) is 0 Å². The predicted octanol–water partition coefficient (Wildman–Crippen LogP) is 1.28. The lowest BCUT2D eigenvalue weighted by molar-refractivity contribution is -0.463. The van der Waals surface area contributed by atoms with E-state index < -0.39 is 4.92 Å². The Hall–Kier alpha value is -1.13. The second-order valence-electron chi connectivity index (χ2n) is 3.06. The molecule has 0 heterocycles. The summed E-state index contributed by atoms with van der Waals surface area (Å²) in [6, 6.07) is 0. The topological polar surface area (TPSA) is 75.7 Å². The highest BCUT2D eigenvalue weighted by Gasteiger charge is 2.24. The Morgan fingerprint density at radius 2 is 2.17 bits per heavy atom. The molecule has 1 fully saturated rings. The van der Waals surface area contributed by atoms with E-state index in [-0.39, 0.29) is 12.5 Å². The zero-order valence-electron chi connectivity index (χ0n) is 6.77. The van der Waals surface area contributed by atoms with Crippen LogP contribution < -0.4 is 0 Å². The molecular formula is C7H12N2O3.